The van der Waals surface area contributed by atoms with E-state index in [1.807, 2.05) is 67.3 Å². The summed E-state index contributed by atoms with van der Waals surface area (Å²) in [7, 11) is 0. The van der Waals surface area contributed by atoms with Gasteiger partial charge in [0, 0.05) is 18.2 Å². The number of nitrogens with one attached hydrogen (secondary N) is 2. The fourth-order valence-electron chi connectivity index (χ4n) is 3.69. The maximum Gasteiger partial charge on any atom is 0.287 e. The Bertz CT molecular complexity index is 812. The average molecular weight is 366 g/mol. The van der Waals surface area contributed by atoms with Crippen LogP contribution in [0, 0.1) is 13.8 Å². The zero-order chi connectivity index (χ0) is 19.4. The fourth-order valence-corrected chi connectivity index (χ4v) is 3.69. The third kappa shape index (κ3) is 4.55. The monoisotopic (exact) mass is 366 g/mol. The van der Waals surface area contributed by atoms with Crippen molar-refractivity contribution in [2.24, 2.45) is 0 Å². The predicted molar refractivity (Wildman–Crippen MR) is 107 cm³/mol. The molecule has 2 N–H and O–H groups in total. The van der Waals surface area contributed by atoms with E-state index < -0.39 is 0 Å². The van der Waals surface area contributed by atoms with E-state index in [1.165, 1.54) is 4.90 Å². The van der Waals surface area contributed by atoms with E-state index in [0.29, 0.717) is 13.1 Å². The normalized spacial score (nSPS) is 16.0. The number of carbonyl (C=O) groups excluding carboxylic acids is 2. The van der Waals surface area contributed by atoms with E-state index in [9.17, 15) is 9.59 Å². The SMILES string of the molecule is CC(=O)N1CC[NH+]([C@@H](C(=O)Nc2cc(C)ccc2C)c2ccccc2)CC1. The van der Waals surface area contributed by atoms with E-state index >= 15 is 0 Å². The molecule has 1 aliphatic heterocycles. The van der Waals surface area contributed by atoms with Gasteiger partial charge in [0.15, 0.2) is 6.04 Å². The molecule has 27 heavy (non-hydrogen) atoms. The summed E-state index contributed by atoms with van der Waals surface area (Å²) in [5.41, 5.74) is 4.04. The summed E-state index contributed by atoms with van der Waals surface area (Å²) >= 11 is 0. The molecule has 5 heteroatoms. The first-order chi connectivity index (χ1) is 13.0. The lowest BCUT2D eigenvalue weighted by atomic mass is 10.0. The summed E-state index contributed by atoms with van der Waals surface area (Å²) in [4.78, 5) is 28.0. The minimum atomic E-state index is -0.291. The molecule has 0 aromatic heterocycles. The Morgan fingerprint density at radius 2 is 1.70 bits per heavy atom. The van der Waals surface area contributed by atoms with Gasteiger partial charge in [0.25, 0.3) is 5.91 Å². The smallest absolute Gasteiger partial charge is 0.287 e. The molecule has 1 heterocycles. The Kier molecular flexibility index (Phi) is 5.91. The molecule has 2 amide bonds. The molecule has 2 aromatic carbocycles. The maximum atomic E-state index is 13.3. The number of hydrogen-bond acceptors (Lipinski definition) is 2. The van der Waals surface area contributed by atoms with Gasteiger partial charge in [-0.1, -0.05) is 42.5 Å². The summed E-state index contributed by atoms with van der Waals surface area (Å²) in [6.45, 7) is 8.53. The van der Waals surface area contributed by atoms with Crippen LogP contribution in [0.3, 0.4) is 0 Å². The molecule has 2 aromatic rings. The summed E-state index contributed by atoms with van der Waals surface area (Å²) in [6, 6.07) is 15.7. The highest BCUT2D eigenvalue weighted by molar-refractivity contribution is 5.95. The molecule has 0 spiro atoms. The molecular formula is C22H28N3O2+. The molecule has 0 bridgehead atoms. The van der Waals surface area contributed by atoms with Crippen LogP contribution < -0.4 is 10.2 Å². The number of nitrogens with zero attached hydrogens (tertiary/aromatic N) is 1. The average Bonchev–Trinajstić information content (AvgIpc) is 2.66. The first-order valence-corrected chi connectivity index (χ1v) is 9.49. The fraction of sp³-hybridized carbons (Fsp3) is 0.364. The molecule has 1 aliphatic rings. The van der Waals surface area contributed by atoms with Gasteiger partial charge in [0.05, 0.1) is 26.2 Å². The Morgan fingerprint density at radius 3 is 2.33 bits per heavy atom. The third-order valence-electron chi connectivity index (χ3n) is 5.31. The number of hydrogen-bond donors (Lipinski definition) is 2. The lowest BCUT2D eigenvalue weighted by Gasteiger charge is -2.35. The number of carbonyl (C=O) groups is 2. The predicted octanol–water partition coefficient (Wildman–Crippen LogP) is 1.73. The minimum Gasteiger partial charge on any atom is -0.332 e. The van der Waals surface area contributed by atoms with E-state index in [4.69, 9.17) is 0 Å². The van der Waals surface area contributed by atoms with Crippen LogP contribution in [0.5, 0.6) is 0 Å². The molecule has 5 nitrogen and oxygen atoms in total. The van der Waals surface area contributed by atoms with Crippen LogP contribution >= 0.6 is 0 Å². The van der Waals surface area contributed by atoms with Crippen LogP contribution in [0.25, 0.3) is 0 Å². The largest absolute Gasteiger partial charge is 0.332 e. The van der Waals surface area contributed by atoms with Gasteiger partial charge in [-0.3, -0.25) is 9.59 Å². The second-order valence-corrected chi connectivity index (χ2v) is 7.32. The summed E-state index contributed by atoms with van der Waals surface area (Å²) < 4.78 is 0. The van der Waals surface area contributed by atoms with Crippen molar-refractivity contribution in [1.29, 1.82) is 0 Å². The van der Waals surface area contributed by atoms with Gasteiger partial charge in [-0.2, -0.15) is 0 Å². The van der Waals surface area contributed by atoms with E-state index in [0.717, 1.165) is 35.5 Å². The third-order valence-corrected chi connectivity index (χ3v) is 5.31. The quantitative estimate of drug-likeness (QED) is 0.866. The molecule has 1 saturated heterocycles. The number of aryl methyl sites for hydroxylation is 2. The standard InChI is InChI=1S/C22H27N3O2/c1-16-9-10-17(2)20(15-16)23-22(27)21(19-7-5-4-6-8-19)25-13-11-24(12-14-25)18(3)26/h4-10,15,21H,11-14H2,1-3H3,(H,23,27)/p+1/t21-/m1/s1. The highest BCUT2D eigenvalue weighted by atomic mass is 16.2. The lowest BCUT2D eigenvalue weighted by molar-refractivity contribution is -0.925. The van der Waals surface area contributed by atoms with Gasteiger partial charge >= 0.3 is 0 Å². The van der Waals surface area contributed by atoms with Crippen LogP contribution in [-0.2, 0) is 9.59 Å². The van der Waals surface area contributed by atoms with Gasteiger partial charge in [-0.05, 0) is 31.0 Å². The summed E-state index contributed by atoms with van der Waals surface area (Å²) in [5.74, 6) is 0.103. The second kappa shape index (κ2) is 8.35. The summed E-state index contributed by atoms with van der Waals surface area (Å²) in [6.07, 6.45) is 0. The van der Waals surface area contributed by atoms with Crippen molar-refractivity contribution in [1.82, 2.24) is 4.90 Å². The minimum absolute atomic E-state index is 0.00109. The number of quaternary nitrogens is 1. The number of rotatable bonds is 4. The topological polar surface area (TPSA) is 53.9 Å². The Balaban J connectivity index is 1.83. The van der Waals surface area contributed by atoms with Crippen molar-refractivity contribution in [3.8, 4) is 0 Å². The number of anilines is 1. The van der Waals surface area contributed by atoms with E-state index in [1.54, 1.807) is 6.92 Å². The lowest BCUT2D eigenvalue weighted by Crippen LogP contribution is -3.16. The highest BCUT2D eigenvalue weighted by Crippen LogP contribution is 2.19. The van der Waals surface area contributed by atoms with Crippen molar-refractivity contribution in [2.45, 2.75) is 26.8 Å². The van der Waals surface area contributed by atoms with Crippen molar-refractivity contribution >= 4 is 17.5 Å². The molecule has 0 saturated carbocycles. The zero-order valence-electron chi connectivity index (χ0n) is 16.3. The van der Waals surface area contributed by atoms with Crippen molar-refractivity contribution in [3.63, 3.8) is 0 Å². The van der Waals surface area contributed by atoms with Crippen LogP contribution in [0.15, 0.2) is 48.5 Å². The number of benzene rings is 2. The molecule has 3 rings (SSSR count). The van der Waals surface area contributed by atoms with Crippen LogP contribution in [0.4, 0.5) is 5.69 Å². The van der Waals surface area contributed by atoms with E-state index in [-0.39, 0.29) is 17.9 Å². The molecular weight excluding hydrogens is 338 g/mol. The second-order valence-electron chi connectivity index (χ2n) is 7.32. The van der Waals surface area contributed by atoms with Gasteiger partial charge in [0.2, 0.25) is 5.91 Å². The van der Waals surface area contributed by atoms with Gasteiger partial charge in [0.1, 0.15) is 0 Å². The first kappa shape index (κ1) is 19.1. The molecule has 142 valence electrons. The van der Waals surface area contributed by atoms with Crippen LogP contribution in [-0.4, -0.2) is 42.9 Å². The number of amides is 2. The number of piperazine rings is 1. The van der Waals surface area contributed by atoms with Gasteiger partial charge < -0.3 is 15.1 Å². The Morgan fingerprint density at radius 1 is 1.04 bits per heavy atom. The van der Waals surface area contributed by atoms with Crippen molar-refractivity contribution < 1.29 is 14.5 Å². The Hall–Kier alpha value is -2.66. The van der Waals surface area contributed by atoms with Gasteiger partial charge in [-0.15, -0.1) is 0 Å². The van der Waals surface area contributed by atoms with E-state index in [2.05, 4.69) is 5.32 Å². The summed E-state index contributed by atoms with van der Waals surface area (Å²) in [5, 5.41) is 3.14. The molecule has 0 aliphatic carbocycles. The Labute approximate surface area is 161 Å². The molecule has 1 fully saturated rings. The highest BCUT2D eigenvalue weighted by Gasteiger charge is 2.34. The zero-order valence-corrected chi connectivity index (χ0v) is 16.3. The van der Waals surface area contributed by atoms with Crippen LogP contribution in [0.2, 0.25) is 0 Å². The van der Waals surface area contributed by atoms with Crippen molar-refractivity contribution in [2.75, 3.05) is 31.5 Å². The van der Waals surface area contributed by atoms with Crippen molar-refractivity contribution in [3.05, 3.63) is 65.2 Å². The molecule has 0 radical (unpaired) electrons. The molecule has 1 atom stereocenters. The van der Waals surface area contributed by atoms with Crippen LogP contribution in [0.1, 0.15) is 29.7 Å². The molecule has 0 unspecified atom stereocenters. The first-order valence-electron chi connectivity index (χ1n) is 9.49. The maximum absolute atomic E-state index is 13.3. The van der Waals surface area contributed by atoms with Gasteiger partial charge in [-0.25, -0.2) is 0 Å².